The van der Waals surface area contributed by atoms with Gasteiger partial charge in [0, 0.05) is 36.3 Å². The number of halogens is 1. The van der Waals surface area contributed by atoms with Crippen molar-refractivity contribution in [1.82, 2.24) is 19.5 Å². The van der Waals surface area contributed by atoms with E-state index >= 15 is 0 Å². The van der Waals surface area contributed by atoms with Gasteiger partial charge < -0.3 is 14.4 Å². The molecule has 1 aromatic carbocycles. The fraction of sp³-hybridized carbons (Fsp3) is 0.308. The lowest BCUT2D eigenvalue weighted by Crippen LogP contribution is -2.17. The lowest BCUT2D eigenvalue weighted by Gasteiger charge is -2.26. The largest absolute Gasteiger partial charge is 0.513 e. The van der Waals surface area contributed by atoms with Gasteiger partial charge >= 0.3 is 12.2 Å². The second-order valence-corrected chi connectivity index (χ2v) is 9.44. The molecule has 3 heterocycles. The molecule has 34 heavy (non-hydrogen) atoms. The Bertz CT molecular complexity index is 1330. The smallest absolute Gasteiger partial charge is 0.449 e. The first-order valence-corrected chi connectivity index (χ1v) is 11.8. The molecule has 0 unspecified atom stereocenters. The summed E-state index contributed by atoms with van der Waals surface area (Å²) in [5.74, 6) is 1.32. The summed E-state index contributed by atoms with van der Waals surface area (Å²) in [5, 5.41) is 9.70. The van der Waals surface area contributed by atoms with E-state index in [-0.39, 0.29) is 6.01 Å². The average molecular weight is 477 g/mol. The Morgan fingerprint density at radius 1 is 1.12 bits per heavy atom. The Balaban J connectivity index is 1.73. The van der Waals surface area contributed by atoms with Crippen LogP contribution in [0.2, 0.25) is 5.02 Å². The first kappa shape index (κ1) is 22.3. The molecule has 0 aliphatic heterocycles. The third-order valence-corrected chi connectivity index (χ3v) is 6.73. The number of hydrogen-bond acceptors (Lipinski definition) is 5. The molecule has 4 aromatic rings. The molecule has 1 aliphatic carbocycles. The van der Waals surface area contributed by atoms with Gasteiger partial charge in [-0.2, -0.15) is 9.97 Å². The van der Waals surface area contributed by atoms with Gasteiger partial charge in [0.2, 0.25) is 0 Å². The molecule has 1 aliphatic rings. The standard InChI is InChI=1S/C26H25ClN4O3/c1-16-7-9-17(10-8-16)14-31-15-21(18-5-3-2-4-6-18)23-24(31)22(19-11-20(27)13-28-12-19)29-25(30-23)34-26(32)33/h2-6,11-13,15-17H,7-10,14H2,1H3,(H,32,33). The number of benzene rings is 1. The van der Waals surface area contributed by atoms with Crippen LogP contribution in [0, 0.1) is 11.8 Å². The van der Waals surface area contributed by atoms with Gasteiger partial charge in [-0.1, -0.05) is 61.7 Å². The number of ether oxygens (including phenoxy) is 1. The van der Waals surface area contributed by atoms with Gasteiger partial charge in [-0.15, -0.1) is 0 Å². The van der Waals surface area contributed by atoms with E-state index in [1.807, 2.05) is 30.3 Å². The minimum atomic E-state index is -1.47. The van der Waals surface area contributed by atoms with E-state index in [0.29, 0.717) is 27.7 Å². The van der Waals surface area contributed by atoms with E-state index in [9.17, 15) is 9.90 Å². The SMILES string of the molecule is CC1CCC(Cn2cc(-c3ccccc3)c3nc(OC(=O)O)nc(-c4cncc(Cl)c4)c32)CC1. The van der Waals surface area contributed by atoms with Crippen LogP contribution in [0.5, 0.6) is 6.01 Å². The topological polar surface area (TPSA) is 90.1 Å². The number of aromatic nitrogens is 4. The molecular weight excluding hydrogens is 452 g/mol. The van der Waals surface area contributed by atoms with Crippen LogP contribution in [0.3, 0.4) is 0 Å². The third kappa shape index (κ3) is 4.61. The zero-order valence-corrected chi connectivity index (χ0v) is 19.6. The van der Waals surface area contributed by atoms with E-state index in [1.54, 1.807) is 18.5 Å². The molecule has 1 fully saturated rings. The first-order chi connectivity index (χ1) is 16.5. The predicted molar refractivity (Wildman–Crippen MR) is 131 cm³/mol. The van der Waals surface area contributed by atoms with Crippen LogP contribution in [0.1, 0.15) is 32.6 Å². The van der Waals surface area contributed by atoms with Crippen LogP contribution >= 0.6 is 11.6 Å². The predicted octanol–water partition coefficient (Wildman–Crippen LogP) is 6.70. The molecule has 174 valence electrons. The summed E-state index contributed by atoms with van der Waals surface area (Å²) in [7, 11) is 0. The maximum absolute atomic E-state index is 11.3. The second kappa shape index (κ2) is 9.43. The number of carbonyl (C=O) groups is 1. The molecule has 0 spiro atoms. The second-order valence-electron chi connectivity index (χ2n) is 9.00. The van der Waals surface area contributed by atoms with Gasteiger partial charge in [-0.05, 0) is 36.3 Å². The fourth-order valence-electron chi connectivity index (χ4n) is 4.80. The summed E-state index contributed by atoms with van der Waals surface area (Å²) in [6.07, 6.45) is 8.66. The van der Waals surface area contributed by atoms with Crippen molar-refractivity contribution in [2.75, 3.05) is 0 Å². The molecule has 1 saturated carbocycles. The highest BCUT2D eigenvalue weighted by molar-refractivity contribution is 6.30. The highest BCUT2D eigenvalue weighted by Gasteiger charge is 2.24. The molecule has 1 N–H and O–H groups in total. The highest BCUT2D eigenvalue weighted by atomic mass is 35.5. The van der Waals surface area contributed by atoms with E-state index in [2.05, 4.69) is 32.6 Å². The molecule has 0 amide bonds. The summed E-state index contributed by atoms with van der Waals surface area (Å²) in [6.45, 7) is 3.15. The van der Waals surface area contributed by atoms with Crippen molar-refractivity contribution >= 4 is 28.8 Å². The third-order valence-electron chi connectivity index (χ3n) is 6.52. The van der Waals surface area contributed by atoms with Gasteiger partial charge in [-0.25, -0.2) is 4.79 Å². The summed E-state index contributed by atoms with van der Waals surface area (Å²) in [6, 6.07) is 11.5. The quantitative estimate of drug-likeness (QED) is 0.322. The molecule has 5 rings (SSSR count). The molecular formula is C26H25ClN4O3. The van der Waals surface area contributed by atoms with Gasteiger partial charge in [0.15, 0.2) is 0 Å². The number of hydrogen-bond donors (Lipinski definition) is 1. The molecule has 7 nitrogen and oxygen atoms in total. The van der Waals surface area contributed by atoms with Gasteiger partial charge in [-0.3, -0.25) is 4.98 Å². The fourth-order valence-corrected chi connectivity index (χ4v) is 4.98. The zero-order valence-electron chi connectivity index (χ0n) is 18.8. The highest BCUT2D eigenvalue weighted by Crippen LogP contribution is 2.38. The first-order valence-electron chi connectivity index (χ1n) is 11.5. The Kier molecular flexibility index (Phi) is 6.20. The Morgan fingerprint density at radius 3 is 2.59 bits per heavy atom. The maximum atomic E-state index is 11.3. The van der Waals surface area contributed by atoms with E-state index in [4.69, 9.17) is 16.3 Å². The molecule has 0 atom stereocenters. The van der Waals surface area contributed by atoms with Crippen molar-refractivity contribution in [2.45, 2.75) is 39.2 Å². The summed E-state index contributed by atoms with van der Waals surface area (Å²) in [4.78, 5) is 24.6. The van der Waals surface area contributed by atoms with Crippen molar-refractivity contribution < 1.29 is 14.6 Å². The minimum absolute atomic E-state index is 0.226. The van der Waals surface area contributed by atoms with Crippen LogP contribution < -0.4 is 4.74 Å². The van der Waals surface area contributed by atoms with Gasteiger partial charge in [0.05, 0.1) is 10.5 Å². The van der Waals surface area contributed by atoms with Crippen molar-refractivity contribution in [1.29, 1.82) is 0 Å². The number of fused-ring (bicyclic) bond motifs is 1. The maximum Gasteiger partial charge on any atom is 0.513 e. The summed E-state index contributed by atoms with van der Waals surface area (Å²) in [5.41, 5.74) is 4.55. The van der Waals surface area contributed by atoms with E-state index in [1.165, 1.54) is 25.7 Å². The molecule has 8 heteroatoms. The summed E-state index contributed by atoms with van der Waals surface area (Å²) >= 11 is 6.24. The zero-order chi connectivity index (χ0) is 23.7. The van der Waals surface area contributed by atoms with Crippen LogP contribution in [0.15, 0.2) is 55.0 Å². The van der Waals surface area contributed by atoms with E-state index in [0.717, 1.165) is 29.1 Å². The number of pyridine rings is 1. The molecule has 0 radical (unpaired) electrons. The van der Waals surface area contributed by atoms with Crippen molar-refractivity contribution in [2.24, 2.45) is 11.8 Å². The van der Waals surface area contributed by atoms with Crippen LogP contribution in [0.4, 0.5) is 4.79 Å². The van der Waals surface area contributed by atoms with Crippen molar-refractivity contribution in [3.05, 3.63) is 60.0 Å². The van der Waals surface area contributed by atoms with Crippen molar-refractivity contribution in [3.63, 3.8) is 0 Å². The number of rotatable bonds is 5. The Hall–Kier alpha value is -3.45. The minimum Gasteiger partial charge on any atom is -0.449 e. The van der Waals surface area contributed by atoms with Crippen LogP contribution in [-0.4, -0.2) is 30.8 Å². The van der Waals surface area contributed by atoms with Crippen molar-refractivity contribution in [3.8, 4) is 28.4 Å². The van der Waals surface area contributed by atoms with E-state index < -0.39 is 6.16 Å². The van der Waals surface area contributed by atoms with Gasteiger partial charge in [0.25, 0.3) is 0 Å². The summed E-state index contributed by atoms with van der Waals surface area (Å²) < 4.78 is 7.12. The van der Waals surface area contributed by atoms with Gasteiger partial charge in [0.1, 0.15) is 11.2 Å². The Labute approximate surface area is 202 Å². The normalized spacial score (nSPS) is 18.2. The Morgan fingerprint density at radius 2 is 1.88 bits per heavy atom. The number of nitrogens with zero attached hydrogens (tertiary/aromatic N) is 4. The number of carboxylic acid groups (broad SMARTS) is 1. The molecule has 0 bridgehead atoms. The molecule has 3 aromatic heterocycles. The van der Waals surface area contributed by atoms with Crippen LogP contribution in [0.25, 0.3) is 33.4 Å². The lowest BCUT2D eigenvalue weighted by atomic mass is 9.83. The van der Waals surface area contributed by atoms with Crippen LogP contribution in [-0.2, 0) is 6.54 Å². The average Bonchev–Trinajstić information content (AvgIpc) is 3.18. The monoisotopic (exact) mass is 476 g/mol. The molecule has 0 saturated heterocycles. The lowest BCUT2D eigenvalue weighted by molar-refractivity contribution is 0.140.